The van der Waals surface area contributed by atoms with E-state index in [0.29, 0.717) is 5.41 Å². The molecule has 0 saturated heterocycles. The summed E-state index contributed by atoms with van der Waals surface area (Å²) in [7, 11) is 0. The molecule has 0 aromatic carbocycles. The van der Waals surface area contributed by atoms with Gasteiger partial charge in [0.05, 0.1) is 0 Å². The number of hydrogen-bond donors (Lipinski definition) is 0. The molecule has 3 heteroatoms. The van der Waals surface area contributed by atoms with Crippen molar-refractivity contribution >= 4 is 43.6 Å². The second-order valence-corrected chi connectivity index (χ2v) is 7.07. The molecule has 1 rings (SSSR count). The zero-order valence-corrected chi connectivity index (χ0v) is 13.6. The van der Waals surface area contributed by atoms with E-state index in [0.717, 1.165) is 5.92 Å². The van der Waals surface area contributed by atoms with Gasteiger partial charge in [-0.15, -0.1) is 0 Å². The van der Waals surface area contributed by atoms with Crippen molar-refractivity contribution in [3.8, 4) is 0 Å². The molecule has 0 radical (unpaired) electrons. The molecule has 0 atom stereocenters. The Labute approximate surface area is 116 Å². The summed E-state index contributed by atoms with van der Waals surface area (Å²) in [4.78, 5) is 0. The predicted molar refractivity (Wildman–Crippen MR) is 79.6 cm³/mol. The molecule has 0 aromatic rings. The number of halogens is 2. The Morgan fingerprint density at radius 3 is 2.27 bits per heavy atom. The van der Waals surface area contributed by atoms with Crippen molar-refractivity contribution < 1.29 is 0 Å². The summed E-state index contributed by atoms with van der Waals surface area (Å²) in [5.41, 5.74) is 0.526. The highest BCUT2D eigenvalue weighted by atomic mass is 79.9. The van der Waals surface area contributed by atoms with Gasteiger partial charge in [0.2, 0.25) is 0 Å². The first-order valence-electron chi connectivity index (χ1n) is 5.98. The van der Waals surface area contributed by atoms with Gasteiger partial charge in [-0.3, -0.25) is 0 Å². The van der Waals surface area contributed by atoms with Crippen LogP contribution in [0.3, 0.4) is 0 Å². The summed E-state index contributed by atoms with van der Waals surface area (Å²) >= 11 is 9.60. The molecule has 0 spiro atoms. The normalized spacial score (nSPS) is 18.6. The molecule has 0 N–H and O–H groups in total. The molecule has 15 heavy (non-hydrogen) atoms. The fourth-order valence-electron chi connectivity index (χ4n) is 2.55. The van der Waals surface area contributed by atoms with Crippen molar-refractivity contribution in [2.24, 2.45) is 11.3 Å². The maximum atomic E-state index is 3.76. The van der Waals surface area contributed by atoms with Crippen LogP contribution in [0.4, 0.5) is 0 Å². The lowest BCUT2D eigenvalue weighted by Gasteiger charge is -2.36. The van der Waals surface area contributed by atoms with E-state index in [9.17, 15) is 0 Å². The molecule has 1 fully saturated rings. The summed E-state index contributed by atoms with van der Waals surface area (Å²) in [6, 6.07) is 0. The molecule has 0 nitrogen and oxygen atoms in total. The van der Waals surface area contributed by atoms with Crippen molar-refractivity contribution in [2.75, 3.05) is 22.2 Å². The third-order valence-electron chi connectivity index (χ3n) is 3.70. The maximum Gasteiger partial charge on any atom is 0.00989 e. The van der Waals surface area contributed by atoms with Crippen LogP contribution in [-0.2, 0) is 0 Å². The minimum Gasteiger partial charge on any atom is -0.162 e. The van der Waals surface area contributed by atoms with Crippen molar-refractivity contribution in [1.82, 2.24) is 0 Å². The molecule has 0 bridgehead atoms. The Morgan fingerprint density at radius 2 is 1.80 bits per heavy atom. The van der Waals surface area contributed by atoms with E-state index in [1.165, 1.54) is 54.3 Å². The first kappa shape index (κ1) is 14.4. The number of alkyl halides is 2. The average molecular weight is 358 g/mol. The summed E-state index contributed by atoms with van der Waals surface area (Å²) in [6.45, 7) is 2.25. The van der Waals surface area contributed by atoms with E-state index in [1.54, 1.807) is 0 Å². The molecule has 1 aliphatic rings. The van der Waals surface area contributed by atoms with Crippen LogP contribution in [0.2, 0.25) is 0 Å². The number of thioether (sulfide) groups is 1. The summed E-state index contributed by atoms with van der Waals surface area (Å²) in [5.74, 6) is 3.53. The van der Waals surface area contributed by atoms with Crippen LogP contribution in [0.25, 0.3) is 0 Å². The van der Waals surface area contributed by atoms with Gasteiger partial charge in [-0.05, 0) is 42.1 Å². The van der Waals surface area contributed by atoms with E-state index in [-0.39, 0.29) is 0 Å². The lowest BCUT2D eigenvalue weighted by molar-refractivity contribution is 0.228. The van der Waals surface area contributed by atoms with Gasteiger partial charge < -0.3 is 0 Å². The van der Waals surface area contributed by atoms with Gasteiger partial charge in [0, 0.05) is 10.7 Å². The van der Waals surface area contributed by atoms with E-state index in [2.05, 4.69) is 50.5 Å². The summed E-state index contributed by atoms with van der Waals surface area (Å²) in [6.07, 6.45) is 7.18. The molecule has 1 aliphatic carbocycles. The SMILES string of the molecule is CCSCCC(CBr)(CBr)C1CCCC1. The van der Waals surface area contributed by atoms with Crippen LogP contribution < -0.4 is 0 Å². The van der Waals surface area contributed by atoms with Gasteiger partial charge in [-0.25, -0.2) is 0 Å². The second kappa shape index (κ2) is 7.60. The maximum absolute atomic E-state index is 3.76. The smallest absolute Gasteiger partial charge is 0.00989 e. The molecular weight excluding hydrogens is 336 g/mol. The van der Waals surface area contributed by atoms with Crippen LogP contribution in [0, 0.1) is 11.3 Å². The fraction of sp³-hybridized carbons (Fsp3) is 1.00. The van der Waals surface area contributed by atoms with Gasteiger partial charge in [-0.2, -0.15) is 11.8 Å². The average Bonchev–Trinajstić information content (AvgIpc) is 2.79. The Bertz CT molecular complexity index is 163. The number of rotatable bonds is 7. The van der Waals surface area contributed by atoms with Gasteiger partial charge in [0.1, 0.15) is 0 Å². The molecule has 90 valence electrons. The summed E-state index contributed by atoms with van der Waals surface area (Å²) < 4.78 is 0. The van der Waals surface area contributed by atoms with E-state index in [4.69, 9.17) is 0 Å². The topological polar surface area (TPSA) is 0 Å². The van der Waals surface area contributed by atoms with Gasteiger partial charge in [-0.1, -0.05) is 51.6 Å². The zero-order chi connectivity index (χ0) is 11.1. The van der Waals surface area contributed by atoms with Gasteiger partial charge >= 0.3 is 0 Å². The second-order valence-electron chi connectivity index (χ2n) is 4.56. The Kier molecular flexibility index (Phi) is 7.28. The summed E-state index contributed by atoms with van der Waals surface area (Å²) in [5, 5.41) is 2.33. The lowest BCUT2D eigenvalue weighted by Crippen LogP contribution is -2.33. The van der Waals surface area contributed by atoms with E-state index in [1.807, 2.05) is 0 Å². The van der Waals surface area contributed by atoms with Gasteiger partial charge in [0.15, 0.2) is 0 Å². The molecule has 0 aromatic heterocycles. The number of hydrogen-bond acceptors (Lipinski definition) is 1. The molecule has 0 amide bonds. The third-order valence-corrected chi connectivity index (χ3v) is 6.84. The van der Waals surface area contributed by atoms with Crippen LogP contribution in [0.5, 0.6) is 0 Å². The van der Waals surface area contributed by atoms with Crippen LogP contribution >= 0.6 is 43.6 Å². The minimum atomic E-state index is 0.526. The van der Waals surface area contributed by atoms with Gasteiger partial charge in [0.25, 0.3) is 0 Å². The van der Waals surface area contributed by atoms with Crippen molar-refractivity contribution in [2.45, 2.75) is 39.0 Å². The molecule has 0 unspecified atom stereocenters. The molecular formula is C12H22Br2S. The van der Waals surface area contributed by atoms with Crippen LogP contribution in [0.15, 0.2) is 0 Å². The van der Waals surface area contributed by atoms with E-state index >= 15 is 0 Å². The molecule has 0 heterocycles. The predicted octanol–water partition coefficient (Wildman–Crippen LogP) is 5.10. The Hall–Kier alpha value is 1.31. The zero-order valence-electron chi connectivity index (χ0n) is 9.61. The largest absolute Gasteiger partial charge is 0.162 e. The standard InChI is InChI=1S/C12H22Br2S/c1-2-15-8-7-12(9-13,10-14)11-5-3-4-6-11/h11H,2-10H2,1H3. The van der Waals surface area contributed by atoms with Crippen molar-refractivity contribution in [3.63, 3.8) is 0 Å². The fourth-order valence-corrected chi connectivity index (χ4v) is 5.79. The quantitative estimate of drug-likeness (QED) is 0.451. The van der Waals surface area contributed by atoms with E-state index < -0.39 is 0 Å². The Morgan fingerprint density at radius 1 is 1.20 bits per heavy atom. The highest BCUT2D eigenvalue weighted by Gasteiger charge is 2.37. The third kappa shape index (κ3) is 3.92. The first-order valence-corrected chi connectivity index (χ1v) is 9.38. The van der Waals surface area contributed by atoms with Crippen molar-refractivity contribution in [1.29, 1.82) is 0 Å². The van der Waals surface area contributed by atoms with Crippen molar-refractivity contribution in [3.05, 3.63) is 0 Å². The lowest BCUT2D eigenvalue weighted by atomic mass is 9.75. The minimum absolute atomic E-state index is 0.526. The highest BCUT2D eigenvalue weighted by molar-refractivity contribution is 9.09. The highest BCUT2D eigenvalue weighted by Crippen LogP contribution is 2.45. The van der Waals surface area contributed by atoms with Crippen LogP contribution in [0.1, 0.15) is 39.0 Å². The monoisotopic (exact) mass is 356 g/mol. The van der Waals surface area contributed by atoms with Crippen LogP contribution in [-0.4, -0.2) is 22.2 Å². The molecule has 1 saturated carbocycles. The molecule has 0 aliphatic heterocycles. The first-order chi connectivity index (χ1) is 7.29. The Balaban J connectivity index is 2.50.